The Balaban J connectivity index is 1.60. The third-order valence-electron chi connectivity index (χ3n) is 5.65. The van der Waals surface area contributed by atoms with Crippen molar-refractivity contribution < 1.29 is 24.2 Å². The predicted octanol–water partition coefficient (Wildman–Crippen LogP) is 3.05. The van der Waals surface area contributed by atoms with Crippen LogP contribution >= 0.6 is 0 Å². The van der Waals surface area contributed by atoms with Gasteiger partial charge in [0, 0.05) is 11.8 Å². The molecule has 4 rings (SSSR count). The lowest BCUT2D eigenvalue weighted by atomic mass is 9.78. The lowest BCUT2D eigenvalue weighted by Gasteiger charge is -2.26. The average Bonchev–Trinajstić information content (AvgIpc) is 3.26. The van der Waals surface area contributed by atoms with Gasteiger partial charge in [-0.15, -0.1) is 0 Å². The Bertz CT molecular complexity index is 780. The van der Waals surface area contributed by atoms with Crippen molar-refractivity contribution in [2.75, 3.05) is 12.1 Å². The first-order valence-corrected chi connectivity index (χ1v) is 8.58. The summed E-state index contributed by atoms with van der Waals surface area (Å²) in [4.78, 5) is 24.8. The molecular weight excluding hydrogens is 322 g/mol. The minimum atomic E-state index is -0.878. The second-order valence-electron chi connectivity index (χ2n) is 7.19. The fourth-order valence-corrected chi connectivity index (χ4v) is 4.80. The van der Waals surface area contributed by atoms with Crippen molar-refractivity contribution in [3.05, 3.63) is 29.3 Å². The molecule has 0 aromatic heterocycles. The smallest absolute Gasteiger partial charge is 0.307 e. The van der Waals surface area contributed by atoms with E-state index in [1.807, 2.05) is 13.8 Å². The topological polar surface area (TPSA) is 84.9 Å². The van der Waals surface area contributed by atoms with Gasteiger partial charge in [-0.05, 0) is 50.7 Å². The Kier molecular flexibility index (Phi) is 3.71. The van der Waals surface area contributed by atoms with Crippen LogP contribution in [-0.2, 0) is 9.59 Å². The van der Waals surface area contributed by atoms with E-state index in [1.54, 1.807) is 18.2 Å². The number of carboxylic acids is 1. The van der Waals surface area contributed by atoms with Crippen molar-refractivity contribution in [2.24, 2.45) is 23.7 Å². The first-order valence-electron chi connectivity index (χ1n) is 8.58. The number of rotatable bonds is 3. The zero-order valence-corrected chi connectivity index (χ0v) is 14.2. The molecule has 6 heteroatoms. The van der Waals surface area contributed by atoms with Crippen molar-refractivity contribution >= 4 is 17.6 Å². The fraction of sp³-hybridized carbons (Fsp3) is 0.474. The molecule has 3 aliphatic rings. The fourth-order valence-electron chi connectivity index (χ4n) is 4.80. The number of hydrogen-bond acceptors (Lipinski definition) is 4. The zero-order chi connectivity index (χ0) is 17.7. The van der Waals surface area contributed by atoms with Crippen molar-refractivity contribution in [2.45, 2.75) is 26.7 Å². The number of allylic oxidation sites excluding steroid dienone is 2. The molecule has 1 aliphatic heterocycles. The predicted molar refractivity (Wildman–Crippen MR) is 90.4 cm³/mol. The van der Waals surface area contributed by atoms with Crippen molar-refractivity contribution in [3.63, 3.8) is 0 Å². The van der Waals surface area contributed by atoms with E-state index < -0.39 is 17.8 Å². The summed E-state index contributed by atoms with van der Waals surface area (Å²) in [5.74, 6) is -1.01. The maximum Gasteiger partial charge on any atom is 0.307 e. The van der Waals surface area contributed by atoms with Gasteiger partial charge in [-0.25, -0.2) is 0 Å². The summed E-state index contributed by atoms with van der Waals surface area (Å²) >= 11 is 0. The molecule has 1 aromatic rings. The number of amides is 1. The summed E-state index contributed by atoms with van der Waals surface area (Å²) in [6.07, 6.45) is 1.74. The Labute approximate surface area is 145 Å². The van der Waals surface area contributed by atoms with E-state index >= 15 is 0 Å². The number of ether oxygens (including phenoxy) is 2. The Morgan fingerprint density at radius 3 is 2.44 bits per heavy atom. The molecule has 6 nitrogen and oxygen atoms in total. The van der Waals surface area contributed by atoms with Gasteiger partial charge in [0.05, 0.1) is 11.8 Å². The van der Waals surface area contributed by atoms with Crippen LogP contribution < -0.4 is 14.8 Å². The van der Waals surface area contributed by atoms with E-state index in [0.717, 1.165) is 18.4 Å². The summed E-state index contributed by atoms with van der Waals surface area (Å²) in [6.45, 7) is 4.19. The van der Waals surface area contributed by atoms with Gasteiger partial charge in [0.15, 0.2) is 11.5 Å². The van der Waals surface area contributed by atoms with Gasteiger partial charge in [0.25, 0.3) is 0 Å². The third kappa shape index (κ3) is 2.47. The van der Waals surface area contributed by atoms with E-state index in [1.165, 1.54) is 5.57 Å². The van der Waals surface area contributed by atoms with E-state index in [9.17, 15) is 14.7 Å². The molecule has 1 amide bonds. The number of carbonyl (C=O) groups is 2. The molecule has 2 N–H and O–H groups in total. The van der Waals surface area contributed by atoms with Crippen LogP contribution in [0.4, 0.5) is 5.69 Å². The molecule has 1 heterocycles. The Morgan fingerprint density at radius 1 is 1.08 bits per heavy atom. The molecule has 0 spiro atoms. The van der Waals surface area contributed by atoms with Crippen LogP contribution in [0, 0.1) is 23.7 Å². The summed E-state index contributed by atoms with van der Waals surface area (Å²) in [5.41, 5.74) is 2.93. The summed E-state index contributed by atoms with van der Waals surface area (Å²) < 4.78 is 10.6. The zero-order valence-electron chi connectivity index (χ0n) is 14.2. The highest BCUT2D eigenvalue weighted by Crippen LogP contribution is 2.57. The van der Waals surface area contributed by atoms with Crippen molar-refractivity contribution in [1.82, 2.24) is 0 Å². The molecule has 1 aromatic carbocycles. The van der Waals surface area contributed by atoms with Crippen LogP contribution in [-0.4, -0.2) is 23.8 Å². The molecule has 0 saturated heterocycles. The first kappa shape index (κ1) is 16.0. The standard InChI is InChI=1S/C19H21NO5/c1-9(2)15-11-4-5-12(15)17(19(22)23)16(11)18(21)20-10-3-6-13-14(7-10)25-8-24-13/h3,6-7,11-12,16-17H,4-5,8H2,1-2H3,(H,20,21)(H,22,23)/t11-,12-,16+,17+/m1/s1. The Morgan fingerprint density at radius 2 is 1.76 bits per heavy atom. The van der Waals surface area contributed by atoms with E-state index in [2.05, 4.69) is 5.32 Å². The number of aliphatic carboxylic acids is 1. The molecule has 2 aliphatic carbocycles. The first-order chi connectivity index (χ1) is 12.0. The van der Waals surface area contributed by atoms with Gasteiger partial charge in [0.2, 0.25) is 12.7 Å². The highest BCUT2D eigenvalue weighted by Gasteiger charge is 2.57. The van der Waals surface area contributed by atoms with Crippen LogP contribution in [0.15, 0.2) is 29.3 Å². The van der Waals surface area contributed by atoms with Crippen LogP contribution in [0.3, 0.4) is 0 Å². The van der Waals surface area contributed by atoms with E-state index in [4.69, 9.17) is 9.47 Å². The van der Waals surface area contributed by atoms with Gasteiger partial charge in [0.1, 0.15) is 0 Å². The van der Waals surface area contributed by atoms with Gasteiger partial charge < -0.3 is 19.9 Å². The van der Waals surface area contributed by atoms with Gasteiger partial charge >= 0.3 is 5.97 Å². The molecule has 132 valence electrons. The van der Waals surface area contributed by atoms with Crippen molar-refractivity contribution in [3.8, 4) is 11.5 Å². The minimum Gasteiger partial charge on any atom is -0.481 e. The average molecular weight is 343 g/mol. The minimum absolute atomic E-state index is 0.0139. The van der Waals surface area contributed by atoms with Crippen LogP contribution in [0.5, 0.6) is 11.5 Å². The largest absolute Gasteiger partial charge is 0.481 e. The second kappa shape index (κ2) is 5.79. The SMILES string of the molecule is CC(C)=C1[C@H]2CC[C@H]1[C@H](C(=O)Nc1ccc3c(c1)OCO3)[C@H]2C(=O)O. The van der Waals surface area contributed by atoms with Gasteiger partial charge in [-0.3, -0.25) is 9.59 Å². The molecular formula is C19H21NO5. The Hall–Kier alpha value is -2.50. The summed E-state index contributed by atoms with van der Waals surface area (Å²) in [5, 5.41) is 12.6. The number of benzene rings is 1. The number of anilines is 1. The highest BCUT2D eigenvalue weighted by molar-refractivity contribution is 5.97. The number of hydrogen-bond donors (Lipinski definition) is 2. The maximum absolute atomic E-state index is 12.9. The molecule has 0 radical (unpaired) electrons. The van der Waals surface area contributed by atoms with Crippen LogP contribution in [0.1, 0.15) is 26.7 Å². The monoisotopic (exact) mass is 343 g/mol. The number of carbonyl (C=O) groups excluding carboxylic acids is 1. The lowest BCUT2D eigenvalue weighted by molar-refractivity contribution is -0.148. The van der Waals surface area contributed by atoms with E-state index in [0.29, 0.717) is 17.2 Å². The number of fused-ring (bicyclic) bond motifs is 3. The lowest BCUT2D eigenvalue weighted by Crippen LogP contribution is -2.37. The molecule has 2 saturated carbocycles. The van der Waals surface area contributed by atoms with Crippen LogP contribution in [0.2, 0.25) is 0 Å². The molecule has 4 atom stereocenters. The quantitative estimate of drug-likeness (QED) is 0.824. The number of nitrogens with one attached hydrogen (secondary N) is 1. The van der Waals surface area contributed by atoms with Gasteiger partial charge in [-0.1, -0.05) is 11.1 Å². The molecule has 25 heavy (non-hydrogen) atoms. The molecule has 2 bridgehead atoms. The molecule has 2 fully saturated rings. The third-order valence-corrected chi connectivity index (χ3v) is 5.65. The van der Waals surface area contributed by atoms with Crippen molar-refractivity contribution in [1.29, 1.82) is 0 Å². The summed E-state index contributed by atoms with van der Waals surface area (Å²) in [7, 11) is 0. The molecule has 0 unspecified atom stereocenters. The van der Waals surface area contributed by atoms with Crippen LogP contribution in [0.25, 0.3) is 0 Å². The highest BCUT2D eigenvalue weighted by atomic mass is 16.7. The normalized spacial score (nSPS) is 29.0. The number of carboxylic acid groups (broad SMARTS) is 1. The second-order valence-corrected chi connectivity index (χ2v) is 7.19. The maximum atomic E-state index is 12.9. The van der Waals surface area contributed by atoms with Gasteiger partial charge in [-0.2, -0.15) is 0 Å². The van der Waals surface area contributed by atoms with E-state index in [-0.39, 0.29) is 24.5 Å². The summed E-state index contributed by atoms with van der Waals surface area (Å²) in [6, 6.07) is 5.20.